The van der Waals surface area contributed by atoms with Gasteiger partial charge in [-0.1, -0.05) is 26.0 Å². The Morgan fingerprint density at radius 2 is 1.85 bits per heavy atom. The average molecular weight is 390 g/mol. The molecule has 1 atom stereocenters. The summed E-state index contributed by atoms with van der Waals surface area (Å²) in [5.74, 6) is -2.86. The van der Waals surface area contributed by atoms with Gasteiger partial charge in [0.05, 0.1) is 13.0 Å². The molecule has 0 saturated carbocycles. The van der Waals surface area contributed by atoms with Gasteiger partial charge in [-0.15, -0.1) is 13.2 Å². The average Bonchev–Trinajstić information content (AvgIpc) is 2.50. The van der Waals surface area contributed by atoms with E-state index < -0.39 is 42.5 Å². The fourth-order valence-corrected chi connectivity index (χ4v) is 2.22. The Morgan fingerprint density at radius 1 is 1.19 bits per heavy atom. The van der Waals surface area contributed by atoms with Crippen molar-refractivity contribution in [2.24, 2.45) is 5.92 Å². The second-order valence-corrected chi connectivity index (χ2v) is 6.24. The van der Waals surface area contributed by atoms with Crippen LogP contribution in [0.3, 0.4) is 0 Å². The molecule has 0 unspecified atom stereocenters. The van der Waals surface area contributed by atoms with Crippen LogP contribution in [-0.2, 0) is 20.8 Å². The van der Waals surface area contributed by atoms with Crippen molar-refractivity contribution in [3.8, 4) is 5.75 Å². The lowest BCUT2D eigenvalue weighted by Crippen LogP contribution is -2.46. The smallest absolute Gasteiger partial charge is 0.480 e. The van der Waals surface area contributed by atoms with Crippen molar-refractivity contribution >= 4 is 17.8 Å². The summed E-state index contributed by atoms with van der Waals surface area (Å²) in [6.45, 7) is 3.17. The summed E-state index contributed by atoms with van der Waals surface area (Å²) in [5.41, 5.74) is 0.262. The van der Waals surface area contributed by atoms with Gasteiger partial charge < -0.3 is 20.5 Å². The highest BCUT2D eigenvalue weighted by Crippen LogP contribution is 2.23. The molecular weight excluding hydrogens is 369 g/mol. The van der Waals surface area contributed by atoms with Crippen LogP contribution >= 0.6 is 0 Å². The maximum absolute atomic E-state index is 12.2. The fourth-order valence-electron chi connectivity index (χ4n) is 2.22. The van der Waals surface area contributed by atoms with E-state index in [0.29, 0.717) is 0 Å². The van der Waals surface area contributed by atoms with Crippen LogP contribution in [0.25, 0.3) is 0 Å². The Labute approximate surface area is 153 Å². The van der Waals surface area contributed by atoms with E-state index in [0.717, 1.165) is 12.1 Å². The topological polar surface area (TPSA) is 105 Å². The molecule has 0 aromatic heterocycles. The summed E-state index contributed by atoms with van der Waals surface area (Å²) in [5, 5.41) is 13.6. The zero-order valence-corrected chi connectivity index (χ0v) is 14.8. The predicted molar refractivity (Wildman–Crippen MR) is 88.9 cm³/mol. The summed E-state index contributed by atoms with van der Waals surface area (Å²) in [7, 11) is 0. The van der Waals surface area contributed by atoms with E-state index >= 15 is 0 Å². The number of hydrogen-bond acceptors (Lipinski definition) is 4. The zero-order chi connectivity index (χ0) is 20.6. The Hall–Kier alpha value is -2.78. The summed E-state index contributed by atoms with van der Waals surface area (Å²) in [6.07, 6.45) is -4.87. The number of nitrogens with one attached hydrogen (secondary N) is 2. The van der Waals surface area contributed by atoms with Gasteiger partial charge in [0.2, 0.25) is 11.8 Å². The van der Waals surface area contributed by atoms with E-state index in [1.54, 1.807) is 13.8 Å². The number of rotatable bonds is 9. The number of carbonyl (C=O) groups is 3. The molecule has 0 fully saturated rings. The lowest BCUT2D eigenvalue weighted by atomic mass is 10.0. The van der Waals surface area contributed by atoms with E-state index in [2.05, 4.69) is 15.4 Å². The normalized spacial score (nSPS) is 12.4. The number of benzene rings is 1. The van der Waals surface area contributed by atoms with Gasteiger partial charge in [-0.05, 0) is 30.0 Å². The SMILES string of the molecule is CC(C)C[C@H](NC(=O)CNC(=O)Cc1cccc(OC(F)(F)F)c1)C(=O)O. The lowest BCUT2D eigenvalue weighted by molar-refractivity contribution is -0.274. The highest BCUT2D eigenvalue weighted by atomic mass is 19.4. The quantitative estimate of drug-likeness (QED) is 0.597. The van der Waals surface area contributed by atoms with Crippen molar-refractivity contribution in [2.75, 3.05) is 6.54 Å². The number of amides is 2. The molecule has 3 N–H and O–H groups in total. The first-order valence-corrected chi connectivity index (χ1v) is 8.10. The molecule has 2 amide bonds. The van der Waals surface area contributed by atoms with Gasteiger partial charge >= 0.3 is 12.3 Å². The summed E-state index contributed by atoms with van der Waals surface area (Å²) >= 11 is 0. The molecule has 150 valence electrons. The van der Waals surface area contributed by atoms with Crippen molar-refractivity contribution in [1.29, 1.82) is 0 Å². The monoisotopic (exact) mass is 390 g/mol. The van der Waals surface area contributed by atoms with Gasteiger partial charge in [-0.25, -0.2) is 4.79 Å². The third-order valence-electron chi connectivity index (χ3n) is 3.28. The molecule has 1 rings (SSSR count). The minimum atomic E-state index is -4.84. The molecule has 0 radical (unpaired) electrons. The van der Waals surface area contributed by atoms with E-state index in [4.69, 9.17) is 5.11 Å². The number of hydrogen-bond donors (Lipinski definition) is 3. The van der Waals surface area contributed by atoms with Crippen LogP contribution in [0, 0.1) is 5.92 Å². The molecule has 27 heavy (non-hydrogen) atoms. The number of aliphatic carboxylic acids is 1. The fraction of sp³-hybridized carbons (Fsp3) is 0.471. The van der Waals surface area contributed by atoms with Gasteiger partial charge in [0.1, 0.15) is 11.8 Å². The second kappa shape index (κ2) is 9.79. The van der Waals surface area contributed by atoms with E-state index in [-0.39, 0.29) is 24.3 Å². The highest BCUT2D eigenvalue weighted by molar-refractivity contribution is 5.88. The zero-order valence-electron chi connectivity index (χ0n) is 14.8. The Bertz CT molecular complexity index is 677. The van der Waals surface area contributed by atoms with Gasteiger partial charge in [0.15, 0.2) is 0 Å². The molecule has 1 aromatic rings. The van der Waals surface area contributed by atoms with Crippen molar-refractivity contribution in [1.82, 2.24) is 10.6 Å². The molecular formula is C17H21F3N2O5. The molecule has 0 heterocycles. The van der Waals surface area contributed by atoms with Crippen molar-refractivity contribution < 1.29 is 37.4 Å². The highest BCUT2D eigenvalue weighted by Gasteiger charge is 2.31. The number of carboxylic acid groups (broad SMARTS) is 1. The van der Waals surface area contributed by atoms with Crippen LogP contribution in [0.2, 0.25) is 0 Å². The van der Waals surface area contributed by atoms with Gasteiger partial charge in [0.25, 0.3) is 0 Å². The maximum atomic E-state index is 12.2. The van der Waals surface area contributed by atoms with E-state index in [1.165, 1.54) is 12.1 Å². The third-order valence-corrected chi connectivity index (χ3v) is 3.28. The van der Waals surface area contributed by atoms with Crippen LogP contribution in [0.5, 0.6) is 5.75 Å². The number of carbonyl (C=O) groups excluding carboxylic acids is 2. The number of halogens is 3. The van der Waals surface area contributed by atoms with E-state index in [9.17, 15) is 27.6 Å². The molecule has 1 aromatic carbocycles. The van der Waals surface area contributed by atoms with Gasteiger partial charge in [-0.3, -0.25) is 9.59 Å². The summed E-state index contributed by atoms with van der Waals surface area (Å²) in [4.78, 5) is 34.7. The van der Waals surface area contributed by atoms with Crippen LogP contribution < -0.4 is 15.4 Å². The van der Waals surface area contributed by atoms with Crippen LogP contribution in [0.15, 0.2) is 24.3 Å². The Kier molecular flexibility index (Phi) is 8.07. The first kappa shape index (κ1) is 22.3. The first-order valence-electron chi connectivity index (χ1n) is 8.10. The Balaban J connectivity index is 2.52. The molecule has 0 bridgehead atoms. The lowest BCUT2D eigenvalue weighted by Gasteiger charge is -2.16. The van der Waals surface area contributed by atoms with Crippen molar-refractivity contribution in [3.05, 3.63) is 29.8 Å². The largest absolute Gasteiger partial charge is 0.573 e. The molecule has 0 saturated heterocycles. The summed E-state index contributed by atoms with van der Waals surface area (Å²) in [6, 6.07) is 3.84. The Morgan fingerprint density at radius 3 is 2.41 bits per heavy atom. The van der Waals surface area contributed by atoms with Crippen molar-refractivity contribution in [2.45, 2.75) is 39.1 Å². The van der Waals surface area contributed by atoms with Crippen molar-refractivity contribution in [3.63, 3.8) is 0 Å². The van der Waals surface area contributed by atoms with E-state index in [1.807, 2.05) is 0 Å². The molecule has 7 nitrogen and oxygen atoms in total. The predicted octanol–water partition coefficient (Wildman–Crippen LogP) is 1.86. The van der Waals surface area contributed by atoms with Crippen LogP contribution in [0.1, 0.15) is 25.8 Å². The molecule has 0 aliphatic heterocycles. The minimum absolute atomic E-state index is 0.0483. The molecule has 0 spiro atoms. The number of ether oxygens (including phenoxy) is 1. The first-order chi connectivity index (χ1) is 12.5. The van der Waals surface area contributed by atoms with Gasteiger partial charge in [0, 0.05) is 0 Å². The second-order valence-electron chi connectivity index (χ2n) is 6.24. The van der Waals surface area contributed by atoms with Gasteiger partial charge in [-0.2, -0.15) is 0 Å². The number of carboxylic acids is 1. The number of alkyl halides is 3. The molecule has 10 heteroatoms. The van der Waals surface area contributed by atoms with Crippen LogP contribution in [-0.4, -0.2) is 41.8 Å². The standard InChI is InChI=1S/C17H21F3N2O5/c1-10(2)6-13(16(25)26)22-15(24)9-21-14(23)8-11-4-3-5-12(7-11)27-17(18,19)20/h3-5,7,10,13H,6,8-9H2,1-2H3,(H,21,23)(H,22,24)(H,25,26)/t13-/m0/s1. The minimum Gasteiger partial charge on any atom is -0.480 e. The maximum Gasteiger partial charge on any atom is 0.573 e. The molecule has 0 aliphatic rings. The molecule has 0 aliphatic carbocycles. The third kappa shape index (κ3) is 9.47. The van der Waals surface area contributed by atoms with Crippen LogP contribution in [0.4, 0.5) is 13.2 Å². The summed E-state index contributed by atoms with van der Waals surface area (Å²) < 4.78 is 40.4.